The lowest BCUT2D eigenvalue weighted by Gasteiger charge is -2.35. The van der Waals surface area contributed by atoms with Gasteiger partial charge in [-0.2, -0.15) is 0 Å². The molecule has 1 aromatic rings. The second-order valence-corrected chi connectivity index (χ2v) is 6.37. The summed E-state index contributed by atoms with van der Waals surface area (Å²) in [5, 5.41) is 2.81. The maximum atomic E-state index is 13.7. The summed E-state index contributed by atoms with van der Waals surface area (Å²) in [6.07, 6.45) is 0.654. The van der Waals surface area contributed by atoms with Crippen LogP contribution in [0.25, 0.3) is 0 Å². The number of esters is 1. The molecule has 1 atom stereocenters. The summed E-state index contributed by atoms with van der Waals surface area (Å²) in [7, 11) is 3.97. The zero-order chi connectivity index (χ0) is 18.5. The Bertz CT molecular complexity index is 615. The molecule has 0 spiro atoms. The van der Waals surface area contributed by atoms with Crippen LogP contribution >= 0.6 is 0 Å². The number of likely N-dealkylation sites (N-methyl/N-ethyl adjacent to an activating group) is 1. The minimum atomic E-state index is -0.646. The van der Waals surface area contributed by atoms with Gasteiger partial charge in [-0.1, -0.05) is 6.92 Å². The van der Waals surface area contributed by atoms with Crippen molar-refractivity contribution in [2.24, 2.45) is 0 Å². The number of hydrogen-bond donors (Lipinski definition) is 1. The molecule has 0 aliphatic heterocycles. The first kappa shape index (κ1) is 20.1. The van der Waals surface area contributed by atoms with E-state index in [9.17, 15) is 14.0 Å². The Morgan fingerprint density at radius 1 is 1.25 bits per heavy atom. The van der Waals surface area contributed by atoms with Gasteiger partial charge in [0.2, 0.25) is 0 Å². The van der Waals surface area contributed by atoms with E-state index in [4.69, 9.17) is 4.74 Å². The van der Waals surface area contributed by atoms with Crippen LogP contribution in [0, 0.1) is 12.7 Å². The third kappa shape index (κ3) is 4.54. The zero-order valence-corrected chi connectivity index (χ0v) is 15.4. The average molecular weight is 339 g/mol. The van der Waals surface area contributed by atoms with Crippen LogP contribution in [0.3, 0.4) is 0 Å². The molecule has 0 aliphatic rings. The van der Waals surface area contributed by atoms with Crippen molar-refractivity contribution >= 4 is 17.6 Å². The third-order valence-electron chi connectivity index (χ3n) is 4.39. The number of quaternary nitrogens is 1. The smallest absolute Gasteiger partial charge is 0.340 e. The first-order valence-corrected chi connectivity index (χ1v) is 8.28. The predicted octanol–water partition coefficient (Wildman–Crippen LogP) is 3.12. The highest BCUT2D eigenvalue weighted by Crippen LogP contribution is 2.25. The molecular formula is C18H28FN2O3+. The summed E-state index contributed by atoms with van der Waals surface area (Å²) in [5.41, 5.74) is 0.844. The number of hydrogen-bond acceptors (Lipinski definition) is 3. The van der Waals surface area contributed by atoms with Gasteiger partial charge in [0.25, 0.3) is 5.91 Å². The fourth-order valence-electron chi connectivity index (χ4n) is 2.70. The van der Waals surface area contributed by atoms with Crippen LogP contribution in [0.2, 0.25) is 0 Å². The summed E-state index contributed by atoms with van der Waals surface area (Å²) < 4.78 is 19.2. The molecule has 1 rings (SSSR count). The molecular weight excluding hydrogens is 311 g/mol. The number of amides is 1. The number of rotatable bonds is 7. The minimum Gasteiger partial charge on any atom is -0.462 e. The molecule has 134 valence electrons. The molecule has 1 aromatic carbocycles. The number of aryl methyl sites for hydroxylation is 1. The number of anilines is 1. The molecule has 24 heavy (non-hydrogen) atoms. The fourth-order valence-corrected chi connectivity index (χ4v) is 2.70. The first-order chi connectivity index (χ1) is 11.2. The summed E-state index contributed by atoms with van der Waals surface area (Å²) >= 11 is 0. The van der Waals surface area contributed by atoms with E-state index in [1.807, 2.05) is 27.9 Å². The van der Waals surface area contributed by atoms with E-state index in [1.54, 1.807) is 13.8 Å². The molecule has 0 bridgehead atoms. The Balaban J connectivity index is 3.22. The Kier molecular flexibility index (Phi) is 6.90. The van der Waals surface area contributed by atoms with E-state index in [-0.39, 0.29) is 24.1 Å². The van der Waals surface area contributed by atoms with Crippen molar-refractivity contribution in [1.29, 1.82) is 0 Å². The van der Waals surface area contributed by atoms with Gasteiger partial charge in [-0.25, -0.2) is 9.18 Å². The first-order valence-electron chi connectivity index (χ1n) is 8.28. The third-order valence-corrected chi connectivity index (χ3v) is 4.39. The van der Waals surface area contributed by atoms with Crippen LogP contribution < -0.4 is 5.32 Å². The summed E-state index contributed by atoms with van der Waals surface area (Å²) in [6, 6.07) is 2.12. The van der Waals surface area contributed by atoms with Gasteiger partial charge in [-0.05, 0) is 38.5 Å². The maximum Gasteiger partial charge on any atom is 0.340 e. The van der Waals surface area contributed by atoms with Gasteiger partial charge in [0.05, 0.1) is 38.5 Å². The topological polar surface area (TPSA) is 55.4 Å². The van der Waals surface area contributed by atoms with Gasteiger partial charge in [-0.3, -0.25) is 4.79 Å². The number of benzene rings is 1. The Hall–Kier alpha value is -1.95. The van der Waals surface area contributed by atoms with Gasteiger partial charge < -0.3 is 14.5 Å². The molecule has 0 saturated heterocycles. The van der Waals surface area contributed by atoms with E-state index in [0.717, 1.165) is 12.6 Å². The van der Waals surface area contributed by atoms with Crippen molar-refractivity contribution in [3.8, 4) is 0 Å². The standard InChI is InChI=1S/C18H27FN2O3/c1-7-15(21(5,6)8-2)17(22)20-16-12(4)10-13(19)11-14(16)18(23)24-9-3/h10-11,15H,7-9H2,1-6H3/p+1. The van der Waals surface area contributed by atoms with E-state index in [1.165, 1.54) is 6.07 Å². The zero-order valence-electron chi connectivity index (χ0n) is 15.4. The lowest BCUT2D eigenvalue weighted by molar-refractivity contribution is -0.904. The maximum absolute atomic E-state index is 13.7. The molecule has 1 amide bonds. The predicted molar refractivity (Wildman–Crippen MR) is 92.5 cm³/mol. The second-order valence-electron chi connectivity index (χ2n) is 6.37. The fraction of sp³-hybridized carbons (Fsp3) is 0.556. The molecule has 5 nitrogen and oxygen atoms in total. The molecule has 6 heteroatoms. The van der Waals surface area contributed by atoms with Crippen LogP contribution in [-0.4, -0.2) is 49.6 Å². The lowest BCUT2D eigenvalue weighted by Crippen LogP contribution is -2.54. The van der Waals surface area contributed by atoms with Crippen molar-refractivity contribution in [2.45, 2.75) is 40.2 Å². The summed E-state index contributed by atoms with van der Waals surface area (Å²) in [5.74, 6) is -1.37. The quantitative estimate of drug-likeness (QED) is 0.613. The van der Waals surface area contributed by atoms with E-state index in [2.05, 4.69) is 5.32 Å². The molecule has 0 aliphatic carbocycles. The number of carbonyl (C=O) groups is 2. The Labute approximate surface area is 143 Å². The lowest BCUT2D eigenvalue weighted by atomic mass is 10.1. The van der Waals surface area contributed by atoms with Crippen LogP contribution in [0.4, 0.5) is 10.1 Å². The van der Waals surface area contributed by atoms with Crippen molar-refractivity contribution in [2.75, 3.05) is 32.6 Å². The van der Waals surface area contributed by atoms with Gasteiger partial charge in [0.1, 0.15) is 5.82 Å². The molecule has 0 fully saturated rings. The largest absolute Gasteiger partial charge is 0.462 e. The second kappa shape index (κ2) is 8.24. The number of ether oxygens (including phenoxy) is 1. The molecule has 0 saturated carbocycles. The molecule has 1 N–H and O–H groups in total. The van der Waals surface area contributed by atoms with Crippen molar-refractivity contribution in [1.82, 2.24) is 0 Å². The van der Waals surface area contributed by atoms with Crippen LogP contribution in [-0.2, 0) is 9.53 Å². The van der Waals surface area contributed by atoms with Crippen molar-refractivity contribution in [3.63, 3.8) is 0 Å². The molecule has 0 radical (unpaired) electrons. The van der Waals surface area contributed by atoms with Crippen molar-refractivity contribution < 1.29 is 23.2 Å². The minimum absolute atomic E-state index is 0.0411. The number of carbonyl (C=O) groups excluding carboxylic acids is 2. The van der Waals surface area contributed by atoms with Gasteiger partial charge >= 0.3 is 5.97 Å². The van der Waals surface area contributed by atoms with Gasteiger partial charge in [0, 0.05) is 6.42 Å². The number of halogens is 1. The van der Waals surface area contributed by atoms with Gasteiger partial charge in [0.15, 0.2) is 6.04 Å². The van der Waals surface area contributed by atoms with E-state index in [0.29, 0.717) is 22.2 Å². The summed E-state index contributed by atoms with van der Waals surface area (Å²) in [6.45, 7) is 8.27. The van der Waals surface area contributed by atoms with E-state index >= 15 is 0 Å². The molecule has 0 heterocycles. The highest BCUT2D eigenvalue weighted by atomic mass is 19.1. The number of nitrogens with zero attached hydrogens (tertiary/aromatic N) is 1. The van der Waals surface area contributed by atoms with Crippen LogP contribution in [0.5, 0.6) is 0 Å². The molecule has 1 unspecified atom stereocenters. The number of nitrogens with one attached hydrogen (secondary N) is 1. The normalized spacial score (nSPS) is 12.6. The van der Waals surface area contributed by atoms with Gasteiger partial charge in [-0.15, -0.1) is 0 Å². The van der Waals surface area contributed by atoms with Crippen LogP contribution in [0.1, 0.15) is 43.1 Å². The monoisotopic (exact) mass is 339 g/mol. The summed E-state index contributed by atoms with van der Waals surface area (Å²) in [4.78, 5) is 24.8. The highest BCUT2D eigenvalue weighted by molar-refractivity contribution is 6.03. The van der Waals surface area contributed by atoms with Crippen molar-refractivity contribution in [3.05, 3.63) is 29.1 Å². The van der Waals surface area contributed by atoms with Crippen LogP contribution in [0.15, 0.2) is 12.1 Å². The molecule has 0 aromatic heterocycles. The highest BCUT2D eigenvalue weighted by Gasteiger charge is 2.33. The Morgan fingerprint density at radius 3 is 2.38 bits per heavy atom. The van der Waals surface area contributed by atoms with E-state index < -0.39 is 11.8 Å². The average Bonchev–Trinajstić information content (AvgIpc) is 2.50. The SMILES string of the molecule is CCOC(=O)c1cc(F)cc(C)c1NC(=O)C(CC)[N+](C)(C)CC. The Morgan fingerprint density at radius 2 is 1.88 bits per heavy atom.